The molecule has 1 heterocycles. The number of urea groups is 1. The number of imide groups is 2. The molecule has 3 aromatic rings. The summed E-state index contributed by atoms with van der Waals surface area (Å²) in [6, 6.07) is 13.9. The largest absolute Gasteiger partial charge is 0.490 e. The van der Waals surface area contributed by atoms with Crippen LogP contribution in [0.2, 0.25) is 10.0 Å². The molecule has 10 nitrogen and oxygen atoms in total. The second-order valence-electron chi connectivity index (χ2n) is 7.87. The van der Waals surface area contributed by atoms with Gasteiger partial charge in [-0.1, -0.05) is 41.4 Å². The molecular weight excluding hydrogens is 537 g/mol. The van der Waals surface area contributed by atoms with Crippen LogP contribution in [0.1, 0.15) is 18.1 Å². The van der Waals surface area contributed by atoms with Crippen molar-refractivity contribution in [2.75, 3.05) is 11.5 Å². The Morgan fingerprint density at radius 3 is 2.37 bits per heavy atom. The van der Waals surface area contributed by atoms with Gasteiger partial charge in [-0.2, -0.15) is 0 Å². The highest BCUT2D eigenvalue weighted by molar-refractivity contribution is 6.39. The molecule has 0 aliphatic carbocycles. The number of benzene rings is 3. The van der Waals surface area contributed by atoms with Gasteiger partial charge in [0.05, 0.1) is 22.2 Å². The van der Waals surface area contributed by atoms with Crippen LogP contribution in [0.5, 0.6) is 11.5 Å². The van der Waals surface area contributed by atoms with Crippen LogP contribution in [0.15, 0.2) is 66.2 Å². The maximum atomic E-state index is 13.2. The van der Waals surface area contributed by atoms with E-state index in [9.17, 15) is 24.5 Å². The number of nitro benzene ring substituents is 1. The first kappa shape index (κ1) is 26.6. The molecule has 1 fully saturated rings. The van der Waals surface area contributed by atoms with E-state index in [4.69, 9.17) is 32.7 Å². The fourth-order valence-electron chi connectivity index (χ4n) is 3.62. The third kappa shape index (κ3) is 5.61. The quantitative estimate of drug-likeness (QED) is 0.167. The zero-order valence-corrected chi connectivity index (χ0v) is 21.3. The minimum atomic E-state index is -0.984. The van der Waals surface area contributed by atoms with Crippen LogP contribution in [0, 0.1) is 10.1 Å². The molecule has 0 radical (unpaired) electrons. The zero-order chi connectivity index (χ0) is 27.4. The summed E-state index contributed by atoms with van der Waals surface area (Å²) in [5, 5.41) is 13.7. The molecule has 1 saturated heterocycles. The molecule has 194 valence electrons. The van der Waals surface area contributed by atoms with Crippen LogP contribution < -0.4 is 19.7 Å². The lowest BCUT2D eigenvalue weighted by atomic mass is 10.1. The van der Waals surface area contributed by atoms with Crippen molar-refractivity contribution in [1.82, 2.24) is 5.32 Å². The zero-order valence-electron chi connectivity index (χ0n) is 19.8. The monoisotopic (exact) mass is 555 g/mol. The van der Waals surface area contributed by atoms with E-state index in [0.29, 0.717) is 15.5 Å². The van der Waals surface area contributed by atoms with E-state index in [1.165, 1.54) is 30.3 Å². The topological polar surface area (TPSA) is 128 Å². The number of hydrogen-bond acceptors (Lipinski definition) is 7. The molecule has 1 N–H and O–H groups in total. The number of non-ortho nitro benzene ring substituents is 1. The Labute approximate surface area is 226 Å². The maximum Gasteiger partial charge on any atom is 0.335 e. The van der Waals surface area contributed by atoms with Crippen molar-refractivity contribution in [2.24, 2.45) is 0 Å². The Kier molecular flexibility index (Phi) is 7.94. The third-order valence-corrected chi connectivity index (χ3v) is 6.04. The summed E-state index contributed by atoms with van der Waals surface area (Å²) in [4.78, 5) is 49.2. The SMILES string of the molecule is CCOc1cc(/C=C2\C(=O)NC(=O)N(c3ccc([N+](=O)[O-])cc3)C2=O)cc(Cl)c1OCc1ccccc1Cl. The van der Waals surface area contributed by atoms with Gasteiger partial charge >= 0.3 is 6.03 Å². The molecule has 0 saturated carbocycles. The first-order chi connectivity index (χ1) is 18.2. The van der Waals surface area contributed by atoms with Gasteiger partial charge in [0.1, 0.15) is 12.2 Å². The van der Waals surface area contributed by atoms with Gasteiger partial charge in [0.25, 0.3) is 17.5 Å². The number of ether oxygens (including phenoxy) is 2. The van der Waals surface area contributed by atoms with Gasteiger partial charge in [-0.25, -0.2) is 9.69 Å². The van der Waals surface area contributed by atoms with Crippen molar-refractivity contribution in [3.8, 4) is 11.5 Å². The lowest BCUT2D eigenvalue weighted by Crippen LogP contribution is -2.54. The normalized spacial score (nSPS) is 14.4. The van der Waals surface area contributed by atoms with Gasteiger partial charge in [-0.3, -0.25) is 25.0 Å². The van der Waals surface area contributed by atoms with Gasteiger partial charge in [0.15, 0.2) is 11.5 Å². The molecule has 0 atom stereocenters. The summed E-state index contributed by atoms with van der Waals surface area (Å²) < 4.78 is 11.6. The Bertz CT molecular complexity index is 1470. The Morgan fingerprint density at radius 2 is 1.71 bits per heavy atom. The second kappa shape index (κ2) is 11.3. The van der Waals surface area contributed by atoms with Crippen LogP contribution in [-0.4, -0.2) is 29.4 Å². The molecule has 38 heavy (non-hydrogen) atoms. The van der Waals surface area contributed by atoms with Crippen LogP contribution >= 0.6 is 23.2 Å². The van der Waals surface area contributed by atoms with Gasteiger partial charge in [0.2, 0.25) is 0 Å². The molecular formula is C26H19Cl2N3O7. The van der Waals surface area contributed by atoms with Crippen molar-refractivity contribution in [2.45, 2.75) is 13.5 Å². The highest BCUT2D eigenvalue weighted by atomic mass is 35.5. The molecule has 12 heteroatoms. The third-order valence-electron chi connectivity index (χ3n) is 5.39. The molecule has 0 spiro atoms. The van der Waals surface area contributed by atoms with Crippen molar-refractivity contribution >= 4 is 58.5 Å². The fraction of sp³-hybridized carbons (Fsp3) is 0.115. The highest BCUT2D eigenvalue weighted by Gasteiger charge is 2.37. The van der Waals surface area contributed by atoms with Crippen LogP contribution in [0.4, 0.5) is 16.2 Å². The van der Waals surface area contributed by atoms with Crippen molar-refractivity contribution in [3.63, 3.8) is 0 Å². The molecule has 1 aliphatic heterocycles. The number of anilines is 1. The van der Waals surface area contributed by atoms with E-state index in [1.54, 1.807) is 25.1 Å². The number of nitrogens with one attached hydrogen (secondary N) is 1. The number of barbiturate groups is 1. The number of hydrogen-bond donors (Lipinski definition) is 1. The average Bonchev–Trinajstić information content (AvgIpc) is 2.87. The summed E-state index contributed by atoms with van der Waals surface area (Å²) >= 11 is 12.7. The summed E-state index contributed by atoms with van der Waals surface area (Å²) in [6.07, 6.45) is 1.26. The molecule has 0 bridgehead atoms. The van der Waals surface area contributed by atoms with E-state index in [1.807, 2.05) is 6.07 Å². The summed E-state index contributed by atoms with van der Waals surface area (Å²) in [5.41, 5.74) is 0.541. The molecule has 4 rings (SSSR count). The van der Waals surface area contributed by atoms with Crippen LogP contribution in [0.25, 0.3) is 6.08 Å². The van der Waals surface area contributed by atoms with Crippen LogP contribution in [-0.2, 0) is 16.2 Å². The number of rotatable bonds is 8. The minimum absolute atomic E-state index is 0.0489. The van der Waals surface area contributed by atoms with Crippen LogP contribution in [0.3, 0.4) is 0 Å². The van der Waals surface area contributed by atoms with Gasteiger partial charge < -0.3 is 9.47 Å². The highest BCUT2D eigenvalue weighted by Crippen LogP contribution is 2.38. The molecule has 0 aromatic heterocycles. The van der Waals surface area contributed by atoms with Crippen molar-refractivity contribution in [1.29, 1.82) is 0 Å². The maximum absolute atomic E-state index is 13.2. The molecule has 0 unspecified atom stereocenters. The Hall–Kier alpha value is -4.41. The first-order valence-corrected chi connectivity index (χ1v) is 11.9. The van der Waals surface area contributed by atoms with Crippen molar-refractivity contribution < 1.29 is 28.8 Å². The fourth-order valence-corrected chi connectivity index (χ4v) is 4.09. The number of nitrogens with zero attached hydrogens (tertiary/aromatic N) is 2. The molecule has 4 amide bonds. The number of carbonyl (C=O) groups excluding carboxylic acids is 3. The Morgan fingerprint density at radius 1 is 1.00 bits per heavy atom. The molecule has 3 aromatic carbocycles. The standard InChI is InChI=1S/C26H19Cl2N3O7/c1-2-37-22-13-15(12-21(28)23(22)38-14-16-5-3-4-6-20(16)27)11-19-24(32)29-26(34)30(25(19)33)17-7-9-18(10-8-17)31(35)36/h3-13H,2,14H2,1H3,(H,29,32,34)/b19-11+. The lowest BCUT2D eigenvalue weighted by molar-refractivity contribution is -0.384. The van der Waals surface area contributed by atoms with E-state index in [-0.39, 0.29) is 46.7 Å². The summed E-state index contributed by atoms with van der Waals surface area (Å²) in [6.45, 7) is 2.16. The number of carbonyl (C=O) groups is 3. The van der Waals surface area contributed by atoms with Gasteiger partial charge in [0, 0.05) is 22.7 Å². The average molecular weight is 556 g/mol. The Balaban J connectivity index is 1.66. The predicted molar refractivity (Wildman–Crippen MR) is 141 cm³/mol. The van der Waals surface area contributed by atoms with E-state index in [0.717, 1.165) is 17.7 Å². The smallest absolute Gasteiger partial charge is 0.335 e. The lowest BCUT2D eigenvalue weighted by Gasteiger charge is -2.26. The predicted octanol–water partition coefficient (Wildman–Crippen LogP) is 5.55. The second-order valence-corrected chi connectivity index (χ2v) is 8.69. The number of halogens is 2. The molecule has 1 aliphatic rings. The van der Waals surface area contributed by atoms with E-state index in [2.05, 4.69) is 5.32 Å². The van der Waals surface area contributed by atoms with Crippen molar-refractivity contribution in [3.05, 3.63) is 97.5 Å². The van der Waals surface area contributed by atoms with E-state index >= 15 is 0 Å². The first-order valence-electron chi connectivity index (χ1n) is 11.2. The number of amides is 4. The summed E-state index contributed by atoms with van der Waals surface area (Å²) in [7, 11) is 0. The van der Waals surface area contributed by atoms with E-state index < -0.39 is 22.8 Å². The summed E-state index contributed by atoms with van der Waals surface area (Å²) in [5.74, 6) is -1.31. The van der Waals surface area contributed by atoms with Gasteiger partial charge in [-0.05, 0) is 48.9 Å². The number of nitro groups is 1. The minimum Gasteiger partial charge on any atom is -0.490 e. The van der Waals surface area contributed by atoms with Gasteiger partial charge in [-0.15, -0.1) is 0 Å².